The second kappa shape index (κ2) is 4.32. The third-order valence-corrected chi connectivity index (χ3v) is 4.76. The van der Waals surface area contributed by atoms with Gasteiger partial charge in [0.1, 0.15) is 0 Å². The highest BCUT2D eigenvalue weighted by atomic mass is 28.3. The van der Waals surface area contributed by atoms with Crippen LogP contribution in [0.2, 0.25) is 26.2 Å². The van der Waals surface area contributed by atoms with E-state index in [1.165, 1.54) is 4.23 Å². The number of hydrogen-bond donors (Lipinski definition) is 0. The highest BCUT2D eigenvalue weighted by molar-refractivity contribution is 6.55. The second-order valence-corrected chi connectivity index (χ2v) is 8.72. The lowest BCUT2D eigenvalue weighted by molar-refractivity contribution is 0.867. The standard InChI is InChI=1S/C9H16N2O2Si2/c1-7-6-10(14(2)3)9(13)11(8(7)12)15(4)5/h6H,1-5H3. The van der Waals surface area contributed by atoms with Gasteiger partial charge in [-0.15, -0.1) is 0 Å². The van der Waals surface area contributed by atoms with Crippen molar-refractivity contribution in [2.24, 2.45) is 0 Å². The maximum absolute atomic E-state index is 12.0. The van der Waals surface area contributed by atoms with Crippen molar-refractivity contribution in [2.75, 3.05) is 0 Å². The molecule has 0 aliphatic heterocycles. The zero-order valence-corrected chi connectivity index (χ0v) is 11.8. The van der Waals surface area contributed by atoms with Crippen LogP contribution in [0.3, 0.4) is 0 Å². The van der Waals surface area contributed by atoms with E-state index in [0.29, 0.717) is 5.56 Å². The number of hydrogen-bond acceptors (Lipinski definition) is 2. The highest BCUT2D eigenvalue weighted by Gasteiger charge is 2.14. The van der Waals surface area contributed by atoms with Crippen molar-refractivity contribution < 1.29 is 0 Å². The van der Waals surface area contributed by atoms with Gasteiger partial charge in [-0.2, -0.15) is 0 Å². The molecule has 0 aliphatic rings. The SMILES string of the molecule is Cc1cn([Si](C)C)c(=O)n([Si](C)C)c1=O. The van der Waals surface area contributed by atoms with E-state index in [0.717, 1.165) is 0 Å². The van der Waals surface area contributed by atoms with Gasteiger partial charge in [-0.3, -0.25) is 9.03 Å². The second-order valence-electron chi connectivity index (χ2n) is 4.00. The molecular formula is C9H16N2O2Si2. The molecule has 0 N–H and O–H groups in total. The quantitative estimate of drug-likeness (QED) is 0.707. The zero-order chi connectivity index (χ0) is 11.7. The molecule has 0 atom stereocenters. The molecule has 6 heteroatoms. The minimum absolute atomic E-state index is 0.126. The molecule has 0 spiro atoms. The first-order valence-electron chi connectivity index (χ1n) is 4.82. The molecule has 0 aliphatic carbocycles. The molecule has 0 saturated heterocycles. The third kappa shape index (κ3) is 2.20. The fourth-order valence-electron chi connectivity index (χ4n) is 1.39. The summed E-state index contributed by atoms with van der Waals surface area (Å²) < 4.78 is 3.15. The van der Waals surface area contributed by atoms with E-state index in [1.54, 1.807) is 17.4 Å². The maximum atomic E-state index is 12.0. The molecule has 0 saturated carbocycles. The van der Waals surface area contributed by atoms with Crippen LogP contribution in [0.5, 0.6) is 0 Å². The summed E-state index contributed by atoms with van der Waals surface area (Å²) in [4.78, 5) is 23.8. The average Bonchev–Trinajstić information content (AvgIpc) is 2.10. The molecule has 82 valence electrons. The lowest BCUT2D eigenvalue weighted by atomic mass is 10.4. The van der Waals surface area contributed by atoms with E-state index in [4.69, 9.17) is 0 Å². The van der Waals surface area contributed by atoms with Crippen molar-refractivity contribution in [2.45, 2.75) is 33.1 Å². The molecule has 0 amide bonds. The summed E-state index contributed by atoms with van der Waals surface area (Å²) >= 11 is 0. The maximum Gasteiger partial charge on any atom is 0.314 e. The number of nitrogens with zero attached hydrogens (tertiary/aromatic N) is 2. The first-order chi connectivity index (χ1) is 6.86. The molecule has 15 heavy (non-hydrogen) atoms. The van der Waals surface area contributed by atoms with Gasteiger partial charge in [-0.05, 0) is 6.92 Å². The van der Waals surface area contributed by atoms with Crippen molar-refractivity contribution in [3.63, 3.8) is 0 Å². The van der Waals surface area contributed by atoms with Crippen molar-refractivity contribution in [1.82, 2.24) is 8.47 Å². The Balaban J connectivity index is 3.65. The number of rotatable bonds is 2. The molecule has 0 aromatic carbocycles. The fourth-order valence-corrected chi connectivity index (χ4v) is 3.50. The van der Waals surface area contributed by atoms with Crippen LogP contribution in [0, 0.1) is 6.92 Å². The minimum atomic E-state index is -1.06. The molecule has 2 radical (unpaired) electrons. The van der Waals surface area contributed by atoms with Gasteiger partial charge in [0.25, 0.3) is 5.56 Å². The van der Waals surface area contributed by atoms with Crippen molar-refractivity contribution in [3.8, 4) is 0 Å². The topological polar surface area (TPSA) is 44.0 Å². The van der Waals surface area contributed by atoms with Crippen LogP contribution in [0.25, 0.3) is 0 Å². The molecular weight excluding hydrogens is 224 g/mol. The Morgan fingerprint density at radius 2 is 1.60 bits per heavy atom. The average molecular weight is 240 g/mol. The van der Waals surface area contributed by atoms with Crippen LogP contribution in [0.1, 0.15) is 5.56 Å². The van der Waals surface area contributed by atoms with E-state index >= 15 is 0 Å². The third-order valence-electron chi connectivity index (χ3n) is 2.19. The largest absolute Gasteiger partial charge is 0.329 e. The summed E-state index contributed by atoms with van der Waals surface area (Å²) in [6.07, 6.45) is 1.69. The Morgan fingerprint density at radius 3 is 2.00 bits per heavy atom. The monoisotopic (exact) mass is 240 g/mol. The van der Waals surface area contributed by atoms with E-state index in [-0.39, 0.29) is 11.2 Å². The summed E-state index contributed by atoms with van der Waals surface area (Å²) in [5.41, 5.74) is 0.397. The van der Waals surface area contributed by atoms with Crippen LogP contribution < -0.4 is 11.2 Å². The van der Waals surface area contributed by atoms with Gasteiger partial charge in [0.2, 0.25) is 0 Å². The first-order valence-corrected chi connectivity index (χ1v) is 9.72. The first kappa shape index (κ1) is 12.2. The van der Waals surface area contributed by atoms with Crippen molar-refractivity contribution >= 4 is 17.9 Å². The molecule has 1 heterocycles. The molecule has 0 bridgehead atoms. The van der Waals surface area contributed by atoms with Crippen LogP contribution in [-0.2, 0) is 0 Å². The molecule has 0 unspecified atom stereocenters. The molecule has 0 fully saturated rings. The molecule has 1 aromatic heterocycles. The summed E-state index contributed by atoms with van der Waals surface area (Å²) in [6.45, 7) is 9.75. The predicted octanol–water partition coefficient (Wildman–Crippen LogP) is 0.517. The molecule has 4 nitrogen and oxygen atoms in total. The van der Waals surface area contributed by atoms with Crippen LogP contribution in [0.15, 0.2) is 15.8 Å². The lowest BCUT2D eigenvalue weighted by Gasteiger charge is -2.14. The smallest absolute Gasteiger partial charge is 0.314 e. The summed E-state index contributed by atoms with van der Waals surface area (Å²) in [5.74, 6) is 0. The van der Waals surface area contributed by atoms with Crippen molar-refractivity contribution in [1.29, 1.82) is 0 Å². The highest BCUT2D eigenvalue weighted by Crippen LogP contribution is 1.90. The van der Waals surface area contributed by atoms with E-state index in [2.05, 4.69) is 0 Å². The summed E-state index contributed by atoms with van der Waals surface area (Å²) in [5, 5.41) is 0. The molecule has 1 rings (SSSR count). The van der Waals surface area contributed by atoms with Gasteiger partial charge < -0.3 is 4.23 Å². The number of aryl methyl sites for hydroxylation is 1. The normalized spacial score (nSPS) is 11.4. The predicted molar refractivity (Wildman–Crippen MR) is 65.5 cm³/mol. The van der Waals surface area contributed by atoms with Gasteiger partial charge in [-0.1, -0.05) is 26.2 Å². The Morgan fingerprint density at radius 1 is 1.07 bits per heavy atom. The Bertz CT molecular complexity index is 474. The van der Waals surface area contributed by atoms with Gasteiger partial charge in [0, 0.05) is 11.8 Å². The van der Waals surface area contributed by atoms with E-state index < -0.39 is 17.9 Å². The zero-order valence-electron chi connectivity index (χ0n) is 9.79. The van der Waals surface area contributed by atoms with Gasteiger partial charge >= 0.3 is 5.69 Å². The minimum Gasteiger partial charge on any atom is -0.329 e. The fraction of sp³-hybridized carbons (Fsp3) is 0.556. The van der Waals surface area contributed by atoms with Gasteiger partial charge in [-0.25, -0.2) is 4.79 Å². The number of aromatic nitrogens is 2. The Hall–Kier alpha value is -0.886. The van der Waals surface area contributed by atoms with Crippen LogP contribution >= 0.6 is 0 Å². The van der Waals surface area contributed by atoms with Gasteiger partial charge in [0.15, 0.2) is 17.9 Å². The summed E-state index contributed by atoms with van der Waals surface area (Å²) in [6, 6.07) is 0. The molecule has 1 aromatic rings. The lowest BCUT2D eigenvalue weighted by Crippen LogP contribution is -2.49. The van der Waals surface area contributed by atoms with Crippen LogP contribution in [0.4, 0.5) is 0 Å². The Kier molecular flexibility index (Phi) is 3.51. The van der Waals surface area contributed by atoms with Crippen LogP contribution in [-0.4, -0.2) is 26.4 Å². The van der Waals surface area contributed by atoms with Gasteiger partial charge in [0.05, 0.1) is 0 Å². The van der Waals surface area contributed by atoms with E-state index in [1.807, 2.05) is 26.2 Å². The van der Waals surface area contributed by atoms with Crippen molar-refractivity contribution in [3.05, 3.63) is 32.6 Å². The van der Waals surface area contributed by atoms with E-state index in [9.17, 15) is 9.59 Å². The Labute approximate surface area is 92.6 Å². The summed E-state index contributed by atoms with van der Waals surface area (Å²) in [7, 11) is -1.94.